The highest BCUT2D eigenvalue weighted by Crippen LogP contribution is 2.61. The van der Waals surface area contributed by atoms with E-state index in [0.29, 0.717) is 30.4 Å². The number of nitrogens with zero attached hydrogens (tertiary/aromatic N) is 2. The van der Waals surface area contributed by atoms with E-state index in [-0.39, 0.29) is 10.9 Å². The zero-order valence-corrected chi connectivity index (χ0v) is 17.9. The van der Waals surface area contributed by atoms with Gasteiger partial charge in [-0.1, -0.05) is 29.3 Å². The molecule has 0 spiro atoms. The molecule has 1 heterocycles. The Labute approximate surface area is 180 Å². The molecule has 0 aliphatic heterocycles. The average molecular weight is 428 g/mol. The van der Waals surface area contributed by atoms with Crippen LogP contribution < -0.4 is 10.9 Å². The van der Waals surface area contributed by atoms with Gasteiger partial charge in [-0.25, -0.2) is 4.68 Å². The molecule has 158 valence electrons. The maximum Gasteiger partial charge on any atom is 0.309 e. The minimum absolute atomic E-state index is 0.0601. The van der Waals surface area contributed by atoms with Gasteiger partial charge >= 0.3 is 5.97 Å². The molecule has 6 nitrogen and oxygen atoms in total. The number of aliphatic carboxylic acids is 1. The van der Waals surface area contributed by atoms with Gasteiger partial charge in [0.15, 0.2) is 0 Å². The predicted octanol–water partition coefficient (Wildman–Crippen LogP) is 4.49. The van der Waals surface area contributed by atoms with Crippen LogP contribution in [0.15, 0.2) is 29.2 Å². The number of hydrogen-bond donors (Lipinski definition) is 2. The lowest BCUT2D eigenvalue weighted by molar-refractivity contribution is -0.168. The normalized spacial score (nSPS) is 31.7. The second-order valence-electron chi connectivity index (χ2n) is 9.56. The van der Waals surface area contributed by atoms with Crippen LogP contribution in [-0.4, -0.2) is 20.9 Å². The number of carbonyl (C=O) groups is 1. The largest absolute Gasteiger partial charge is 0.481 e. The van der Waals surface area contributed by atoms with Gasteiger partial charge in [0.25, 0.3) is 5.56 Å². The van der Waals surface area contributed by atoms with E-state index in [2.05, 4.69) is 16.5 Å². The van der Waals surface area contributed by atoms with Crippen LogP contribution in [0.4, 0.5) is 11.4 Å². The standard InChI is InChI=1S/C23H26ClN3O3/c1-12-3-4-17(13(2)5-12)26-18-11-25-27(21(28)20(18)24)23-9-14-6-15(10-23)8-16(7-14)19(23)22(29)30/h3-5,11,14-16,19,26H,6-10H2,1-2H3,(H,29,30). The Morgan fingerprint density at radius 3 is 2.53 bits per heavy atom. The molecule has 4 fully saturated rings. The Morgan fingerprint density at radius 1 is 1.20 bits per heavy atom. The maximum absolute atomic E-state index is 13.3. The lowest BCUT2D eigenvalue weighted by Crippen LogP contribution is -2.63. The molecule has 4 bridgehead atoms. The first-order valence-electron chi connectivity index (χ1n) is 10.6. The fourth-order valence-electron chi connectivity index (χ4n) is 6.67. The van der Waals surface area contributed by atoms with E-state index in [1.54, 1.807) is 6.20 Å². The summed E-state index contributed by atoms with van der Waals surface area (Å²) >= 11 is 6.52. The zero-order valence-electron chi connectivity index (χ0n) is 17.2. The van der Waals surface area contributed by atoms with Gasteiger partial charge in [-0.15, -0.1) is 0 Å². The molecule has 3 unspecified atom stereocenters. The van der Waals surface area contributed by atoms with E-state index >= 15 is 0 Å². The second kappa shape index (κ2) is 6.84. The number of aryl methyl sites for hydroxylation is 2. The van der Waals surface area contributed by atoms with Crippen LogP contribution in [0, 0.1) is 37.5 Å². The summed E-state index contributed by atoms with van der Waals surface area (Å²) in [5, 5.41) is 17.8. The summed E-state index contributed by atoms with van der Waals surface area (Å²) in [7, 11) is 0. The summed E-state index contributed by atoms with van der Waals surface area (Å²) in [5.41, 5.74) is 2.34. The topological polar surface area (TPSA) is 84.2 Å². The first kappa shape index (κ1) is 19.6. The predicted molar refractivity (Wildman–Crippen MR) is 115 cm³/mol. The molecule has 0 radical (unpaired) electrons. The monoisotopic (exact) mass is 427 g/mol. The van der Waals surface area contributed by atoms with Gasteiger partial charge in [-0.05, 0) is 75.3 Å². The maximum atomic E-state index is 13.3. The molecule has 4 aliphatic carbocycles. The van der Waals surface area contributed by atoms with E-state index in [1.165, 1.54) is 4.68 Å². The first-order valence-corrected chi connectivity index (χ1v) is 11.0. The highest BCUT2D eigenvalue weighted by atomic mass is 35.5. The molecular weight excluding hydrogens is 402 g/mol. The number of halogens is 1. The number of carboxylic acid groups (broad SMARTS) is 1. The summed E-state index contributed by atoms with van der Waals surface area (Å²) in [6.45, 7) is 4.02. The van der Waals surface area contributed by atoms with Crippen molar-refractivity contribution in [3.8, 4) is 0 Å². The van der Waals surface area contributed by atoms with Crippen molar-refractivity contribution in [2.45, 2.75) is 51.5 Å². The van der Waals surface area contributed by atoms with E-state index < -0.39 is 23.0 Å². The molecule has 0 amide bonds. The molecule has 4 aliphatic rings. The molecule has 0 saturated heterocycles. The van der Waals surface area contributed by atoms with Crippen LogP contribution in [0.25, 0.3) is 0 Å². The highest BCUT2D eigenvalue weighted by Gasteiger charge is 2.61. The van der Waals surface area contributed by atoms with Crippen LogP contribution in [0.5, 0.6) is 0 Å². The highest BCUT2D eigenvalue weighted by molar-refractivity contribution is 6.33. The van der Waals surface area contributed by atoms with Crippen molar-refractivity contribution in [3.63, 3.8) is 0 Å². The van der Waals surface area contributed by atoms with E-state index in [9.17, 15) is 14.7 Å². The Kier molecular flexibility index (Phi) is 4.47. The Bertz CT molecular complexity index is 1080. The molecule has 1 aromatic heterocycles. The SMILES string of the molecule is Cc1ccc(Nc2cnn(C34CC5CC(CC(C5)C3C(=O)O)C4)c(=O)c2Cl)c(C)c1. The number of hydrogen-bond acceptors (Lipinski definition) is 4. The Balaban J connectivity index is 1.56. The molecular formula is C23H26ClN3O3. The second-order valence-corrected chi connectivity index (χ2v) is 9.94. The van der Waals surface area contributed by atoms with Crippen molar-refractivity contribution >= 4 is 28.9 Å². The molecule has 4 saturated carbocycles. The fraction of sp³-hybridized carbons (Fsp3) is 0.522. The minimum atomic E-state index is -0.818. The summed E-state index contributed by atoms with van der Waals surface area (Å²) < 4.78 is 1.42. The summed E-state index contributed by atoms with van der Waals surface area (Å²) in [6.07, 6.45) is 6.00. The van der Waals surface area contributed by atoms with Gasteiger partial charge in [-0.2, -0.15) is 5.10 Å². The number of carboxylic acids is 1. The fourth-order valence-corrected chi connectivity index (χ4v) is 6.85. The lowest BCUT2D eigenvalue weighted by Gasteiger charge is -2.59. The molecule has 7 heteroatoms. The van der Waals surface area contributed by atoms with E-state index in [4.69, 9.17) is 11.6 Å². The molecule has 2 aromatic rings. The first-order chi connectivity index (χ1) is 14.3. The Hall–Kier alpha value is -2.34. The van der Waals surface area contributed by atoms with Gasteiger partial charge in [0.05, 0.1) is 23.3 Å². The zero-order chi connectivity index (χ0) is 21.2. The quantitative estimate of drug-likeness (QED) is 0.750. The Morgan fingerprint density at radius 2 is 1.90 bits per heavy atom. The van der Waals surface area contributed by atoms with Gasteiger partial charge < -0.3 is 10.4 Å². The van der Waals surface area contributed by atoms with Crippen LogP contribution in [0.1, 0.15) is 43.2 Å². The molecule has 6 rings (SSSR count). The summed E-state index contributed by atoms with van der Waals surface area (Å²) in [5.74, 6) is -0.336. The number of anilines is 2. The lowest BCUT2D eigenvalue weighted by atomic mass is 9.48. The molecule has 30 heavy (non-hydrogen) atoms. The molecule has 3 atom stereocenters. The third-order valence-electron chi connectivity index (χ3n) is 7.53. The molecule has 2 N–H and O–H groups in total. The van der Waals surface area contributed by atoms with Crippen LogP contribution in [0.2, 0.25) is 5.02 Å². The van der Waals surface area contributed by atoms with Crippen molar-refractivity contribution < 1.29 is 9.90 Å². The van der Waals surface area contributed by atoms with E-state index in [0.717, 1.165) is 36.1 Å². The van der Waals surface area contributed by atoms with Gasteiger partial charge in [0.1, 0.15) is 5.02 Å². The van der Waals surface area contributed by atoms with Crippen LogP contribution >= 0.6 is 11.6 Å². The minimum Gasteiger partial charge on any atom is -0.481 e. The summed E-state index contributed by atoms with van der Waals surface area (Å²) in [4.78, 5) is 25.6. The number of rotatable bonds is 4. The number of benzene rings is 1. The van der Waals surface area contributed by atoms with Crippen molar-refractivity contribution in [2.24, 2.45) is 23.7 Å². The van der Waals surface area contributed by atoms with Crippen molar-refractivity contribution in [2.75, 3.05) is 5.32 Å². The van der Waals surface area contributed by atoms with Gasteiger partial charge in [-0.3, -0.25) is 9.59 Å². The van der Waals surface area contributed by atoms with Gasteiger partial charge in [0.2, 0.25) is 0 Å². The third-order valence-corrected chi connectivity index (χ3v) is 7.90. The van der Waals surface area contributed by atoms with Crippen molar-refractivity contribution in [3.05, 3.63) is 50.9 Å². The van der Waals surface area contributed by atoms with Crippen molar-refractivity contribution in [1.82, 2.24) is 9.78 Å². The van der Waals surface area contributed by atoms with E-state index in [1.807, 2.05) is 26.0 Å². The van der Waals surface area contributed by atoms with Gasteiger partial charge in [0, 0.05) is 5.69 Å². The smallest absolute Gasteiger partial charge is 0.309 e. The molecule has 1 aromatic carbocycles. The van der Waals surface area contributed by atoms with Crippen LogP contribution in [0.3, 0.4) is 0 Å². The summed E-state index contributed by atoms with van der Waals surface area (Å²) in [6, 6.07) is 5.99. The average Bonchev–Trinajstić information content (AvgIpc) is 2.66. The number of nitrogens with one attached hydrogen (secondary N) is 1. The van der Waals surface area contributed by atoms with Crippen LogP contribution in [-0.2, 0) is 10.3 Å². The van der Waals surface area contributed by atoms with Crippen molar-refractivity contribution in [1.29, 1.82) is 0 Å². The number of aromatic nitrogens is 2. The third kappa shape index (κ3) is 2.88.